The van der Waals surface area contributed by atoms with Crippen molar-refractivity contribution in [3.05, 3.63) is 51.8 Å². The Morgan fingerprint density at radius 3 is 2.50 bits per heavy atom. The Morgan fingerprint density at radius 1 is 1.21 bits per heavy atom. The van der Waals surface area contributed by atoms with Crippen molar-refractivity contribution in [2.45, 2.75) is 47.2 Å². The highest BCUT2D eigenvalue weighted by Crippen LogP contribution is 2.21. The molecule has 2 rings (SSSR count). The number of H-pyrrole nitrogens is 1. The molecule has 6 nitrogen and oxygen atoms in total. The molecule has 2 aromatic rings. The number of likely N-dealkylation sites (N-methyl/N-ethyl adjacent to an activating group) is 1. The maximum Gasteiger partial charge on any atom is 0.340 e. The molecule has 0 radical (unpaired) electrons. The molecule has 2 N–H and O–H groups in total. The minimum absolute atomic E-state index is 0.0275. The van der Waals surface area contributed by atoms with E-state index in [9.17, 15) is 9.59 Å². The van der Waals surface area contributed by atoms with Crippen molar-refractivity contribution in [3.8, 4) is 5.75 Å². The number of aryl methyl sites for hydroxylation is 2. The molecule has 0 saturated carbocycles. The fraction of sp³-hybridized carbons (Fsp3) is 0.455. The third-order valence-corrected chi connectivity index (χ3v) is 5.20. The number of hydrogen-bond acceptors (Lipinski definition) is 4. The van der Waals surface area contributed by atoms with Gasteiger partial charge in [-0.3, -0.25) is 4.79 Å². The lowest BCUT2D eigenvalue weighted by atomic mass is 10.0. The second-order valence-corrected chi connectivity index (χ2v) is 7.27. The molecule has 1 aromatic heterocycles. The van der Waals surface area contributed by atoms with Crippen molar-refractivity contribution in [1.82, 2.24) is 4.98 Å². The van der Waals surface area contributed by atoms with Gasteiger partial charge in [-0.05, 0) is 52.3 Å². The first-order chi connectivity index (χ1) is 13.2. The van der Waals surface area contributed by atoms with E-state index >= 15 is 0 Å². The highest BCUT2D eigenvalue weighted by atomic mass is 16.5. The van der Waals surface area contributed by atoms with Gasteiger partial charge in [-0.1, -0.05) is 11.6 Å². The van der Waals surface area contributed by atoms with Gasteiger partial charge < -0.3 is 19.4 Å². The molecule has 0 aliphatic heterocycles. The van der Waals surface area contributed by atoms with E-state index in [1.54, 1.807) is 27.9 Å². The Bertz CT molecular complexity index is 870. The third kappa shape index (κ3) is 4.44. The fourth-order valence-corrected chi connectivity index (χ4v) is 3.45. The van der Waals surface area contributed by atoms with Crippen LogP contribution < -0.4 is 9.64 Å². The summed E-state index contributed by atoms with van der Waals surface area (Å²) in [4.78, 5) is 29.5. The number of aromatic nitrogens is 1. The average Bonchev–Trinajstić information content (AvgIpc) is 2.95. The zero-order valence-electron chi connectivity index (χ0n) is 17.9. The van der Waals surface area contributed by atoms with Crippen LogP contribution in [0.3, 0.4) is 0 Å². The van der Waals surface area contributed by atoms with Crippen molar-refractivity contribution in [2.24, 2.45) is 0 Å². The number of Topliss-reactive ketones (excluding diaryl/α,β-unsaturated/α-hetero) is 1. The van der Waals surface area contributed by atoms with Gasteiger partial charge in [0.25, 0.3) is 0 Å². The number of hydrogen-bond donors (Lipinski definition) is 2. The summed E-state index contributed by atoms with van der Waals surface area (Å²) < 4.78 is 10.6. The number of rotatable bonds is 8. The van der Waals surface area contributed by atoms with E-state index < -0.39 is 5.97 Å². The number of methoxy groups -OCH3 is 1. The molecule has 28 heavy (non-hydrogen) atoms. The number of nitrogens with one attached hydrogen (secondary N) is 2. The number of carbonyl (C=O) groups excluding carboxylic acids is 2. The Hall–Kier alpha value is -2.60. The molecule has 152 valence electrons. The molecular formula is C22H31N2O4+. The van der Waals surface area contributed by atoms with Crippen LogP contribution in [0.2, 0.25) is 0 Å². The molecule has 0 fully saturated rings. The molecule has 2 atom stereocenters. The van der Waals surface area contributed by atoms with Gasteiger partial charge in [0.05, 0.1) is 32.0 Å². The first-order valence-corrected chi connectivity index (χ1v) is 9.57. The second-order valence-electron chi connectivity index (χ2n) is 7.27. The summed E-state index contributed by atoms with van der Waals surface area (Å²) in [6.07, 6.45) is 0. The van der Waals surface area contributed by atoms with E-state index in [1.165, 1.54) is 0 Å². The molecule has 1 heterocycles. The van der Waals surface area contributed by atoms with Crippen LogP contribution in [0.25, 0.3) is 0 Å². The molecule has 0 saturated heterocycles. The van der Waals surface area contributed by atoms with Gasteiger partial charge in [-0.15, -0.1) is 0 Å². The number of ether oxygens (including phenoxy) is 2. The van der Waals surface area contributed by atoms with Gasteiger partial charge in [-0.25, -0.2) is 4.79 Å². The van der Waals surface area contributed by atoms with Crippen molar-refractivity contribution in [2.75, 3.05) is 20.8 Å². The van der Waals surface area contributed by atoms with E-state index in [4.69, 9.17) is 9.47 Å². The molecule has 0 bridgehead atoms. The molecular weight excluding hydrogens is 356 g/mol. The number of benzene rings is 1. The Labute approximate surface area is 166 Å². The van der Waals surface area contributed by atoms with Crippen LogP contribution in [0.4, 0.5) is 0 Å². The number of quaternary nitrogens is 1. The van der Waals surface area contributed by atoms with Gasteiger partial charge in [0.15, 0.2) is 6.04 Å². The van der Waals surface area contributed by atoms with E-state index in [0.29, 0.717) is 35.7 Å². The van der Waals surface area contributed by atoms with Crippen LogP contribution in [0.5, 0.6) is 5.75 Å². The fourth-order valence-electron chi connectivity index (χ4n) is 3.45. The van der Waals surface area contributed by atoms with Gasteiger partial charge >= 0.3 is 5.97 Å². The minimum atomic E-state index is -0.398. The average molecular weight is 388 g/mol. The Morgan fingerprint density at radius 2 is 1.89 bits per heavy atom. The van der Waals surface area contributed by atoms with Crippen molar-refractivity contribution < 1.29 is 24.0 Å². The Balaban J connectivity index is 2.24. The third-order valence-electron chi connectivity index (χ3n) is 5.20. The van der Waals surface area contributed by atoms with Gasteiger partial charge in [0.1, 0.15) is 12.3 Å². The lowest BCUT2D eigenvalue weighted by molar-refractivity contribution is -0.907. The quantitative estimate of drug-likeness (QED) is 0.539. The Kier molecular flexibility index (Phi) is 7.02. The van der Waals surface area contributed by atoms with Gasteiger partial charge in [0, 0.05) is 11.3 Å². The monoisotopic (exact) mass is 387 g/mol. The maximum atomic E-state index is 13.1. The molecule has 1 unspecified atom stereocenters. The smallest absolute Gasteiger partial charge is 0.340 e. The zero-order valence-corrected chi connectivity index (χ0v) is 17.9. The summed E-state index contributed by atoms with van der Waals surface area (Å²) in [7, 11) is 3.64. The summed E-state index contributed by atoms with van der Waals surface area (Å²) in [6, 6.07) is 5.75. The topological polar surface area (TPSA) is 72.8 Å². The van der Waals surface area contributed by atoms with Crippen LogP contribution in [-0.4, -0.2) is 43.5 Å². The molecule has 0 amide bonds. The van der Waals surface area contributed by atoms with Crippen LogP contribution in [-0.2, 0) is 11.3 Å². The number of ketones is 1. The van der Waals surface area contributed by atoms with E-state index in [0.717, 1.165) is 21.8 Å². The van der Waals surface area contributed by atoms with Crippen LogP contribution in [0.1, 0.15) is 57.1 Å². The summed E-state index contributed by atoms with van der Waals surface area (Å²) >= 11 is 0. The second kappa shape index (κ2) is 9.06. The van der Waals surface area contributed by atoms with Gasteiger partial charge in [-0.2, -0.15) is 0 Å². The van der Waals surface area contributed by atoms with E-state index in [-0.39, 0.29) is 11.8 Å². The van der Waals surface area contributed by atoms with E-state index in [2.05, 4.69) is 11.1 Å². The normalized spacial score (nSPS) is 13.1. The largest absolute Gasteiger partial charge is 0.496 e. The lowest BCUT2D eigenvalue weighted by Gasteiger charge is -2.22. The maximum absolute atomic E-state index is 13.1. The molecule has 0 spiro atoms. The standard InChI is InChI=1S/C22H30N2O4/c1-8-28-22(26)19-14(3)20(23-15(19)4)21(25)16(5)24(6)12-17-11-13(2)9-10-18(17)27-7/h9-11,16,23H,8,12H2,1-7H3/p+1/t16-/m0/s1. The van der Waals surface area contributed by atoms with Crippen LogP contribution in [0, 0.1) is 20.8 Å². The van der Waals surface area contributed by atoms with Crippen molar-refractivity contribution in [1.29, 1.82) is 0 Å². The van der Waals surface area contributed by atoms with E-state index in [1.807, 2.05) is 33.0 Å². The van der Waals surface area contributed by atoms with Crippen molar-refractivity contribution in [3.63, 3.8) is 0 Å². The number of esters is 1. The molecule has 0 aliphatic carbocycles. The number of aromatic amines is 1. The number of carbonyl (C=O) groups is 2. The zero-order chi connectivity index (χ0) is 21.0. The first kappa shape index (κ1) is 21.7. The predicted octanol–water partition coefficient (Wildman–Crippen LogP) is 2.41. The summed E-state index contributed by atoms with van der Waals surface area (Å²) in [5, 5.41) is 0. The summed E-state index contributed by atoms with van der Waals surface area (Å²) in [6.45, 7) is 10.2. The molecule has 1 aromatic carbocycles. The minimum Gasteiger partial charge on any atom is -0.496 e. The van der Waals surface area contributed by atoms with Crippen molar-refractivity contribution >= 4 is 11.8 Å². The highest BCUT2D eigenvalue weighted by Gasteiger charge is 2.30. The summed E-state index contributed by atoms with van der Waals surface area (Å²) in [5.74, 6) is 0.395. The first-order valence-electron chi connectivity index (χ1n) is 9.57. The summed E-state index contributed by atoms with van der Waals surface area (Å²) in [5.41, 5.74) is 4.45. The molecule has 0 aliphatic rings. The molecule has 6 heteroatoms. The van der Waals surface area contributed by atoms with Crippen LogP contribution >= 0.6 is 0 Å². The highest BCUT2D eigenvalue weighted by molar-refractivity contribution is 6.03. The SMILES string of the molecule is CCOC(=O)c1c(C)[nH]c(C(=O)[C@H](C)[NH+](C)Cc2cc(C)ccc2OC)c1C. The van der Waals surface area contributed by atoms with Crippen LogP contribution in [0.15, 0.2) is 18.2 Å². The lowest BCUT2D eigenvalue weighted by Crippen LogP contribution is -3.12. The van der Waals surface area contributed by atoms with Gasteiger partial charge in [0.2, 0.25) is 5.78 Å². The predicted molar refractivity (Wildman–Crippen MR) is 108 cm³/mol.